The molecule has 3 rings (SSSR count). The molecule has 2 bridgehead atoms. The minimum Gasteiger partial charge on any atom is -0.493 e. The van der Waals surface area contributed by atoms with E-state index in [1.807, 2.05) is 51.1 Å². The van der Waals surface area contributed by atoms with E-state index in [-0.39, 0.29) is 29.9 Å². The van der Waals surface area contributed by atoms with Gasteiger partial charge in [-0.2, -0.15) is 0 Å². The summed E-state index contributed by atoms with van der Waals surface area (Å²) < 4.78 is 16.8. The molecule has 2 saturated heterocycles. The SMILES string of the molecule is CC(C)(C)OC(=O)N1C2COCC1CC(C(=O)CCOc1ccccc1)C2. The molecule has 2 aliphatic heterocycles. The Morgan fingerprint density at radius 2 is 1.74 bits per heavy atom. The summed E-state index contributed by atoms with van der Waals surface area (Å²) in [7, 11) is 0. The minimum atomic E-state index is -0.534. The molecule has 6 nitrogen and oxygen atoms in total. The molecule has 6 heteroatoms. The zero-order valence-electron chi connectivity index (χ0n) is 16.3. The first kappa shape index (κ1) is 19.7. The highest BCUT2D eigenvalue weighted by molar-refractivity contribution is 5.82. The second-order valence-electron chi connectivity index (χ2n) is 8.28. The molecule has 2 atom stereocenters. The Morgan fingerprint density at radius 1 is 1.11 bits per heavy atom. The van der Waals surface area contributed by atoms with Gasteiger partial charge in [0.25, 0.3) is 0 Å². The number of carbonyl (C=O) groups excluding carboxylic acids is 2. The maximum atomic E-state index is 12.7. The summed E-state index contributed by atoms with van der Waals surface area (Å²) in [4.78, 5) is 27.0. The molecule has 2 unspecified atom stereocenters. The Balaban J connectivity index is 1.54. The predicted molar refractivity (Wildman–Crippen MR) is 101 cm³/mol. The number of amides is 1. The number of fused-ring (bicyclic) bond motifs is 2. The van der Waals surface area contributed by atoms with E-state index in [0.29, 0.717) is 39.1 Å². The van der Waals surface area contributed by atoms with E-state index in [1.165, 1.54) is 0 Å². The van der Waals surface area contributed by atoms with E-state index >= 15 is 0 Å². The largest absolute Gasteiger partial charge is 0.493 e. The smallest absolute Gasteiger partial charge is 0.410 e. The Morgan fingerprint density at radius 3 is 2.33 bits per heavy atom. The van der Waals surface area contributed by atoms with Gasteiger partial charge in [0.1, 0.15) is 17.1 Å². The van der Waals surface area contributed by atoms with Crippen LogP contribution in [0.4, 0.5) is 4.79 Å². The van der Waals surface area contributed by atoms with Crippen molar-refractivity contribution in [3.63, 3.8) is 0 Å². The van der Waals surface area contributed by atoms with Gasteiger partial charge in [0.05, 0.1) is 31.9 Å². The molecular weight excluding hydrogens is 346 g/mol. The summed E-state index contributed by atoms with van der Waals surface area (Å²) in [5, 5.41) is 0. The summed E-state index contributed by atoms with van der Waals surface area (Å²) in [6.07, 6.45) is 1.32. The first-order valence-corrected chi connectivity index (χ1v) is 9.63. The average Bonchev–Trinajstić information content (AvgIpc) is 2.60. The quantitative estimate of drug-likeness (QED) is 0.789. The van der Waals surface area contributed by atoms with Crippen molar-refractivity contribution >= 4 is 11.9 Å². The standard InChI is InChI=1S/C21H29NO5/c1-21(2,3)27-20(24)22-16-11-15(12-17(22)14-25-13-16)19(23)9-10-26-18-7-5-4-6-8-18/h4-8,15-17H,9-14H2,1-3H3. The third-order valence-electron chi connectivity index (χ3n) is 4.94. The minimum absolute atomic E-state index is 0.0537. The summed E-state index contributed by atoms with van der Waals surface area (Å²) >= 11 is 0. The number of carbonyl (C=O) groups is 2. The van der Waals surface area contributed by atoms with E-state index in [9.17, 15) is 9.59 Å². The molecule has 27 heavy (non-hydrogen) atoms. The molecule has 0 N–H and O–H groups in total. The van der Waals surface area contributed by atoms with Gasteiger partial charge in [-0.1, -0.05) is 18.2 Å². The lowest BCUT2D eigenvalue weighted by molar-refractivity contribution is -0.132. The molecule has 2 aliphatic rings. The molecule has 0 saturated carbocycles. The monoisotopic (exact) mass is 375 g/mol. The van der Waals surface area contributed by atoms with Gasteiger partial charge < -0.3 is 14.2 Å². The Labute approximate surface area is 160 Å². The van der Waals surface area contributed by atoms with Crippen molar-refractivity contribution < 1.29 is 23.8 Å². The van der Waals surface area contributed by atoms with Crippen LogP contribution in [0.3, 0.4) is 0 Å². The number of morpholine rings is 1. The summed E-state index contributed by atoms with van der Waals surface area (Å²) in [6, 6.07) is 9.30. The predicted octanol–water partition coefficient (Wildman–Crippen LogP) is 3.44. The van der Waals surface area contributed by atoms with E-state index in [2.05, 4.69) is 0 Å². The Kier molecular flexibility index (Phi) is 6.05. The van der Waals surface area contributed by atoms with Gasteiger partial charge in [-0.25, -0.2) is 4.79 Å². The number of ether oxygens (including phenoxy) is 3. The van der Waals surface area contributed by atoms with Crippen LogP contribution in [0, 0.1) is 5.92 Å². The van der Waals surface area contributed by atoms with Gasteiger partial charge in [0, 0.05) is 12.3 Å². The summed E-state index contributed by atoms with van der Waals surface area (Å²) in [6.45, 7) is 6.88. The van der Waals surface area contributed by atoms with Crippen LogP contribution in [-0.4, -0.2) is 54.3 Å². The first-order chi connectivity index (χ1) is 12.8. The van der Waals surface area contributed by atoms with Crippen LogP contribution in [0.2, 0.25) is 0 Å². The van der Waals surface area contributed by atoms with E-state index in [0.717, 1.165) is 5.75 Å². The van der Waals surface area contributed by atoms with Gasteiger partial charge in [-0.15, -0.1) is 0 Å². The zero-order chi connectivity index (χ0) is 19.4. The fraction of sp³-hybridized carbons (Fsp3) is 0.619. The lowest BCUT2D eigenvalue weighted by Crippen LogP contribution is -2.60. The first-order valence-electron chi connectivity index (χ1n) is 9.63. The zero-order valence-corrected chi connectivity index (χ0v) is 16.3. The molecule has 1 aromatic carbocycles. The van der Waals surface area contributed by atoms with Crippen molar-refractivity contribution in [2.75, 3.05) is 19.8 Å². The number of hydrogen-bond acceptors (Lipinski definition) is 5. The normalized spacial score (nSPS) is 25.0. The van der Waals surface area contributed by atoms with Crippen LogP contribution in [0.25, 0.3) is 0 Å². The van der Waals surface area contributed by atoms with E-state index < -0.39 is 5.60 Å². The number of rotatable bonds is 5. The third kappa shape index (κ3) is 5.22. The lowest BCUT2D eigenvalue weighted by Gasteiger charge is -2.47. The number of hydrogen-bond donors (Lipinski definition) is 0. The number of Topliss-reactive ketones (excluding diaryl/α,β-unsaturated/α-hetero) is 1. The fourth-order valence-electron chi connectivity index (χ4n) is 3.78. The molecule has 0 radical (unpaired) electrons. The number of benzene rings is 1. The van der Waals surface area contributed by atoms with Gasteiger partial charge >= 0.3 is 6.09 Å². The second-order valence-corrected chi connectivity index (χ2v) is 8.28. The van der Waals surface area contributed by atoms with Crippen LogP contribution < -0.4 is 4.74 Å². The average molecular weight is 375 g/mol. The van der Waals surface area contributed by atoms with Gasteiger partial charge in [-0.3, -0.25) is 9.69 Å². The third-order valence-corrected chi connectivity index (χ3v) is 4.94. The number of piperidine rings is 1. The summed E-state index contributed by atoms with van der Waals surface area (Å²) in [5.74, 6) is 0.920. The molecule has 1 aromatic rings. The van der Waals surface area contributed by atoms with Crippen LogP contribution in [0.5, 0.6) is 5.75 Å². The maximum absolute atomic E-state index is 12.7. The molecule has 148 valence electrons. The molecule has 2 fully saturated rings. The topological polar surface area (TPSA) is 65.1 Å². The van der Waals surface area contributed by atoms with Crippen LogP contribution >= 0.6 is 0 Å². The highest BCUT2D eigenvalue weighted by atomic mass is 16.6. The van der Waals surface area contributed by atoms with Crippen molar-refractivity contribution in [3.8, 4) is 5.75 Å². The number of ketones is 1. The Bertz CT molecular complexity index is 640. The molecule has 0 aromatic heterocycles. The number of para-hydroxylation sites is 1. The van der Waals surface area contributed by atoms with Gasteiger partial charge in [0.15, 0.2) is 0 Å². The maximum Gasteiger partial charge on any atom is 0.410 e. The second kappa shape index (κ2) is 8.30. The molecular formula is C21H29NO5. The van der Waals surface area contributed by atoms with Crippen LogP contribution in [0.1, 0.15) is 40.0 Å². The van der Waals surface area contributed by atoms with Crippen molar-refractivity contribution in [2.45, 2.75) is 57.7 Å². The van der Waals surface area contributed by atoms with Crippen molar-refractivity contribution in [1.82, 2.24) is 4.90 Å². The van der Waals surface area contributed by atoms with Crippen molar-refractivity contribution in [1.29, 1.82) is 0 Å². The van der Waals surface area contributed by atoms with E-state index in [1.54, 1.807) is 4.90 Å². The van der Waals surface area contributed by atoms with Crippen molar-refractivity contribution in [3.05, 3.63) is 30.3 Å². The lowest BCUT2D eigenvalue weighted by atomic mass is 9.82. The summed E-state index contributed by atoms with van der Waals surface area (Å²) in [5.41, 5.74) is -0.534. The van der Waals surface area contributed by atoms with Crippen LogP contribution in [0.15, 0.2) is 30.3 Å². The number of nitrogens with zero attached hydrogens (tertiary/aromatic N) is 1. The molecule has 0 spiro atoms. The molecule has 0 aliphatic carbocycles. The van der Waals surface area contributed by atoms with Crippen molar-refractivity contribution in [2.24, 2.45) is 5.92 Å². The van der Waals surface area contributed by atoms with E-state index in [4.69, 9.17) is 14.2 Å². The molecule has 1 amide bonds. The van der Waals surface area contributed by atoms with Crippen LogP contribution in [-0.2, 0) is 14.3 Å². The van der Waals surface area contributed by atoms with Gasteiger partial charge in [0.2, 0.25) is 0 Å². The highest BCUT2D eigenvalue weighted by Gasteiger charge is 2.44. The Hall–Kier alpha value is -2.08. The highest BCUT2D eigenvalue weighted by Crippen LogP contribution is 2.33. The molecule has 2 heterocycles. The fourth-order valence-corrected chi connectivity index (χ4v) is 3.78. The van der Waals surface area contributed by atoms with Gasteiger partial charge in [-0.05, 0) is 45.7 Å².